The van der Waals surface area contributed by atoms with E-state index in [0.717, 1.165) is 19.5 Å². The van der Waals surface area contributed by atoms with Crippen LogP contribution in [0.2, 0.25) is 0 Å². The van der Waals surface area contributed by atoms with Gasteiger partial charge in [-0.05, 0) is 43.7 Å². The third-order valence-corrected chi connectivity index (χ3v) is 4.90. The molecule has 134 valence electrons. The first-order chi connectivity index (χ1) is 11.4. The Bertz CT molecular complexity index is 545. The standard InChI is InChI=1S/C19H31N3O2/c1-15(9-11-23)12-20-18(24)21-14-19(2,3)22-10-8-16-6-4-5-7-17(16)13-22/h4-7,15,23H,8-14H2,1-3H3,(H2,20,21,24). The van der Waals surface area contributed by atoms with Crippen LogP contribution in [0.1, 0.15) is 38.3 Å². The summed E-state index contributed by atoms with van der Waals surface area (Å²) in [4.78, 5) is 14.4. The summed E-state index contributed by atoms with van der Waals surface area (Å²) in [5, 5.41) is 14.8. The molecule has 1 heterocycles. The number of fused-ring (bicyclic) bond motifs is 1. The summed E-state index contributed by atoms with van der Waals surface area (Å²) in [5.74, 6) is 0.285. The van der Waals surface area contributed by atoms with Crippen LogP contribution in [0.4, 0.5) is 4.79 Å². The lowest BCUT2D eigenvalue weighted by molar-refractivity contribution is 0.104. The first kappa shape index (κ1) is 18.7. The Morgan fingerprint density at radius 3 is 2.71 bits per heavy atom. The van der Waals surface area contributed by atoms with Crippen molar-refractivity contribution in [3.05, 3.63) is 35.4 Å². The molecule has 1 aliphatic rings. The summed E-state index contributed by atoms with van der Waals surface area (Å²) in [6.45, 7) is 9.67. The van der Waals surface area contributed by atoms with Crippen LogP contribution in [-0.2, 0) is 13.0 Å². The van der Waals surface area contributed by atoms with Crippen molar-refractivity contribution in [2.75, 3.05) is 26.2 Å². The fourth-order valence-electron chi connectivity index (χ4n) is 3.07. The van der Waals surface area contributed by atoms with Crippen LogP contribution < -0.4 is 10.6 Å². The van der Waals surface area contributed by atoms with Crippen molar-refractivity contribution >= 4 is 6.03 Å². The van der Waals surface area contributed by atoms with Gasteiger partial charge in [0.15, 0.2) is 0 Å². The zero-order valence-corrected chi connectivity index (χ0v) is 15.1. The second-order valence-corrected chi connectivity index (χ2v) is 7.43. The molecule has 2 rings (SSSR count). The second-order valence-electron chi connectivity index (χ2n) is 7.43. The minimum atomic E-state index is -0.134. The van der Waals surface area contributed by atoms with Gasteiger partial charge in [-0.3, -0.25) is 4.90 Å². The number of rotatable bonds is 7. The lowest BCUT2D eigenvalue weighted by Crippen LogP contribution is -2.54. The van der Waals surface area contributed by atoms with Gasteiger partial charge in [-0.15, -0.1) is 0 Å². The first-order valence-electron chi connectivity index (χ1n) is 8.87. The second kappa shape index (κ2) is 8.49. The average molecular weight is 333 g/mol. The monoisotopic (exact) mass is 333 g/mol. The van der Waals surface area contributed by atoms with Crippen molar-refractivity contribution in [1.82, 2.24) is 15.5 Å². The molecule has 1 aromatic rings. The van der Waals surface area contributed by atoms with E-state index in [1.165, 1.54) is 11.1 Å². The van der Waals surface area contributed by atoms with E-state index in [0.29, 0.717) is 19.5 Å². The zero-order valence-electron chi connectivity index (χ0n) is 15.1. The molecule has 0 aliphatic carbocycles. The smallest absolute Gasteiger partial charge is 0.314 e. The summed E-state index contributed by atoms with van der Waals surface area (Å²) in [6, 6.07) is 8.46. The Morgan fingerprint density at radius 2 is 2.00 bits per heavy atom. The molecule has 24 heavy (non-hydrogen) atoms. The van der Waals surface area contributed by atoms with Crippen molar-refractivity contribution in [2.24, 2.45) is 5.92 Å². The normalized spacial score (nSPS) is 16.3. The first-order valence-corrected chi connectivity index (χ1v) is 8.87. The lowest BCUT2D eigenvalue weighted by atomic mass is 9.94. The van der Waals surface area contributed by atoms with Gasteiger partial charge in [0.25, 0.3) is 0 Å². The number of benzene rings is 1. The molecular weight excluding hydrogens is 302 g/mol. The van der Waals surface area contributed by atoms with Gasteiger partial charge in [0.05, 0.1) is 0 Å². The molecule has 1 atom stereocenters. The summed E-state index contributed by atoms with van der Waals surface area (Å²) < 4.78 is 0. The topological polar surface area (TPSA) is 64.6 Å². The molecule has 5 nitrogen and oxygen atoms in total. The van der Waals surface area contributed by atoms with E-state index < -0.39 is 0 Å². The molecule has 1 unspecified atom stereocenters. The zero-order chi connectivity index (χ0) is 17.6. The van der Waals surface area contributed by atoms with E-state index in [9.17, 15) is 4.79 Å². The summed E-state index contributed by atoms with van der Waals surface area (Å²) >= 11 is 0. The van der Waals surface area contributed by atoms with Gasteiger partial charge in [-0.1, -0.05) is 31.2 Å². The summed E-state index contributed by atoms with van der Waals surface area (Å²) in [7, 11) is 0. The molecule has 0 saturated heterocycles. The number of aliphatic hydroxyl groups excluding tert-OH is 1. The highest BCUT2D eigenvalue weighted by Gasteiger charge is 2.30. The number of aliphatic hydroxyl groups is 1. The van der Waals surface area contributed by atoms with Crippen LogP contribution in [0.25, 0.3) is 0 Å². The number of urea groups is 1. The number of nitrogens with one attached hydrogen (secondary N) is 2. The van der Waals surface area contributed by atoms with Crippen LogP contribution in [0.5, 0.6) is 0 Å². The molecule has 0 fully saturated rings. The van der Waals surface area contributed by atoms with Crippen molar-refractivity contribution in [1.29, 1.82) is 0 Å². The van der Waals surface area contributed by atoms with Crippen molar-refractivity contribution < 1.29 is 9.90 Å². The van der Waals surface area contributed by atoms with Crippen LogP contribution in [0.15, 0.2) is 24.3 Å². The molecule has 1 aliphatic heterocycles. The summed E-state index contributed by atoms with van der Waals surface area (Å²) in [5.41, 5.74) is 2.73. The lowest BCUT2D eigenvalue weighted by Gasteiger charge is -2.41. The predicted octanol–water partition coefficient (Wildman–Crippen LogP) is 2.14. The van der Waals surface area contributed by atoms with Crippen LogP contribution in [0.3, 0.4) is 0 Å². The van der Waals surface area contributed by atoms with Gasteiger partial charge in [-0.25, -0.2) is 4.79 Å². The Labute approximate surface area is 145 Å². The fourth-order valence-corrected chi connectivity index (χ4v) is 3.07. The van der Waals surface area contributed by atoms with E-state index >= 15 is 0 Å². The van der Waals surface area contributed by atoms with E-state index in [-0.39, 0.29) is 24.1 Å². The number of hydrogen-bond donors (Lipinski definition) is 3. The van der Waals surface area contributed by atoms with Gasteiger partial charge in [0, 0.05) is 38.3 Å². The van der Waals surface area contributed by atoms with Crippen LogP contribution in [0, 0.1) is 5.92 Å². The van der Waals surface area contributed by atoms with Crippen molar-refractivity contribution in [3.63, 3.8) is 0 Å². The van der Waals surface area contributed by atoms with E-state index in [4.69, 9.17) is 5.11 Å². The molecule has 0 bridgehead atoms. The molecule has 5 heteroatoms. The highest BCUT2D eigenvalue weighted by molar-refractivity contribution is 5.73. The average Bonchev–Trinajstić information content (AvgIpc) is 2.58. The van der Waals surface area contributed by atoms with E-state index in [1.54, 1.807) is 0 Å². The van der Waals surface area contributed by atoms with Crippen LogP contribution in [-0.4, -0.2) is 47.8 Å². The van der Waals surface area contributed by atoms with Crippen molar-refractivity contribution in [2.45, 2.75) is 45.7 Å². The maximum Gasteiger partial charge on any atom is 0.314 e. The molecule has 1 aromatic carbocycles. The third kappa shape index (κ3) is 5.21. The number of nitrogens with zero attached hydrogens (tertiary/aromatic N) is 1. The Morgan fingerprint density at radius 1 is 1.29 bits per heavy atom. The molecule has 3 N–H and O–H groups in total. The Balaban J connectivity index is 1.80. The SMILES string of the molecule is CC(CCO)CNC(=O)NCC(C)(C)N1CCc2ccccc2C1. The molecule has 0 spiro atoms. The highest BCUT2D eigenvalue weighted by Crippen LogP contribution is 2.24. The molecule has 2 amide bonds. The van der Waals surface area contributed by atoms with Gasteiger partial charge < -0.3 is 15.7 Å². The van der Waals surface area contributed by atoms with E-state index in [2.05, 4.69) is 53.6 Å². The Hall–Kier alpha value is -1.59. The molecule has 0 aromatic heterocycles. The molecule has 0 radical (unpaired) electrons. The Kier molecular flexibility index (Phi) is 6.63. The number of hydrogen-bond acceptors (Lipinski definition) is 3. The largest absolute Gasteiger partial charge is 0.396 e. The highest BCUT2D eigenvalue weighted by atomic mass is 16.3. The minimum absolute atomic E-state index is 0.0956. The number of carbonyl (C=O) groups is 1. The van der Waals surface area contributed by atoms with Gasteiger partial charge in [0.2, 0.25) is 0 Å². The van der Waals surface area contributed by atoms with Crippen molar-refractivity contribution in [3.8, 4) is 0 Å². The van der Waals surface area contributed by atoms with Gasteiger partial charge in [-0.2, -0.15) is 0 Å². The summed E-state index contributed by atoms with van der Waals surface area (Å²) in [6.07, 6.45) is 1.77. The number of amides is 2. The molecule has 0 saturated carbocycles. The van der Waals surface area contributed by atoms with E-state index in [1.807, 2.05) is 6.92 Å². The minimum Gasteiger partial charge on any atom is -0.396 e. The van der Waals surface area contributed by atoms with Crippen LogP contribution >= 0.6 is 0 Å². The maximum absolute atomic E-state index is 12.0. The fraction of sp³-hybridized carbons (Fsp3) is 0.632. The predicted molar refractivity (Wildman–Crippen MR) is 96.9 cm³/mol. The quantitative estimate of drug-likeness (QED) is 0.716. The maximum atomic E-state index is 12.0. The molecular formula is C19H31N3O2. The third-order valence-electron chi connectivity index (χ3n) is 4.90. The van der Waals surface area contributed by atoms with Gasteiger partial charge in [0.1, 0.15) is 0 Å². The van der Waals surface area contributed by atoms with Gasteiger partial charge >= 0.3 is 6.03 Å². The number of carbonyl (C=O) groups excluding carboxylic acids is 1.